The van der Waals surface area contributed by atoms with Crippen LogP contribution in [0.15, 0.2) is 30.3 Å². The zero-order chi connectivity index (χ0) is 12.7. The third-order valence-corrected chi connectivity index (χ3v) is 3.66. The summed E-state index contributed by atoms with van der Waals surface area (Å²) in [6, 6.07) is 11.5. The van der Waals surface area contributed by atoms with Crippen molar-refractivity contribution in [2.45, 2.75) is 25.0 Å². The van der Waals surface area contributed by atoms with Crippen LogP contribution in [0.4, 0.5) is 0 Å². The summed E-state index contributed by atoms with van der Waals surface area (Å²) in [6.07, 6.45) is -0.497. The van der Waals surface area contributed by atoms with E-state index in [1.165, 1.54) is 16.5 Å². The first-order valence-electron chi connectivity index (χ1n) is 6.01. The summed E-state index contributed by atoms with van der Waals surface area (Å²) in [5.74, 6) is 0. The summed E-state index contributed by atoms with van der Waals surface area (Å²) in [7, 11) is 0. The third-order valence-electron chi connectivity index (χ3n) is 3.66. The molecule has 2 aromatic rings. The molecule has 0 heterocycles. The van der Waals surface area contributed by atoms with Crippen LogP contribution in [0.2, 0.25) is 0 Å². The second kappa shape index (κ2) is 4.09. The highest BCUT2D eigenvalue weighted by molar-refractivity contribution is 5.93. The molecule has 90 valence electrons. The van der Waals surface area contributed by atoms with Gasteiger partial charge in [0.2, 0.25) is 0 Å². The Morgan fingerprint density at radius 3 is 2.50 bits per heavy atom. The molecule has 2 N–H and O–H groups in total. The van der Waals surface area contributed by atoms with Crippen molar-refractivity contribution in [1.82, 2.24) is 0 Å². The number of hydrogen-bond acceptors (Lipinski definition) is 3. The predicted octanol–water partition coefficient (Wildman–Crippen LogP) is 1.86. The molecule has 3 heteroatoms. The monoisotopic (exact) mass is 239 g/mol. The summed E-state index contributed by atoms with van der Waals surface area (Å²) >= 11 is 0. The molecule has 3 nitrogen and oxygen atoms in total. The van der Waals surface area contributed by atoms with Gasteiger partial charge in [0.15, 0.2) is 6.10 Å². The molecule has 18 heavy (non-hydrogen) atoms. The first kappa shape index (κ1) is 11.2. The van der Waals surface area contributed by atoms with Crippen molar-refractivity contribution >= 4 is 10.8 Å². The smallest absolute Gasteiger partial charge is 0.170 e. The molecule has 0 aliphatic heterocycles. The lowest BCUT2D eigenvalue weighted by Gasteiger charge is -2.15. The fourth-order valence-electron chi connectivity index (χ4n) is 2.77. The lowest BCUT2D eigenvalue weighted by molar-refractivity contribution is 0.0538. The Hall–Kier alpha value is -1.89. The van der Waals surface area contributed by atoms with Crippen LogP contribution in [0, 0.1) is 11.3 Å². The quantitative estimate of drug-likeness (QED) is 0.786. The number of rotatable bonds is 2. The first-order chi connectivity index (χ1) is 8.72. The van der Waals surface area contributed by atoms with Gasteiger partial charge in [-0.1, -0.05) is 30.3 Å². The Labute approximate surface area is 105 Å². The average molecular weight is 239 g/mol. The summed E-state index contributed by atoms with van der Waals surface area (Å²) in [4.78, 5) is 0. The average Bonchev–Trinajstić information content (AvgIpc) is 2.83. The van der Waals surface area contributed by atoms with Crippen LogP contribution in [-0.2, 0) is 12.8 Å². The molecule has 2 aromatic carbocycles. The van der Waals surface area contributed by atoms with Gasteiger partial charge in [0.05, 0.1) is 6.07 Å². The predicted molar refractivity (Wildman–Crippen MR) is 67.9 cm³/mol. The molecule has 2 atom stereocenters. The van der Waals surface area contributed by atoms with E-state index in [0.29, 0.717) is 5.56 Å². The van der Waals surface area contributed by atoms with E-state index >= 15 is 0 Å². The lowest BCUT2D eigenvalue weighted by Crippen LogP contribution is -2.16. The van der Waals surface area contributed by atoms with Crippen LogP contribution in [0.25, 0.3) is 10.8 Å². The van der Waals surface area contributed by atoms with Crippen molar-refractivity contribution in [2.75, 3.05) is 0 Å². The van der Waals surface area contributed by atoms with Crippen molar-refractivity contribution in [3.05, 3.63) is 47.0 Å². The summed E-state index contributed by atoms with van der Waals surface area (Å²) < 4.78 is 0. The largest absolute Gasteiger partial charge is 0.385 e. The van der Waals surface area contributed by atoms with E-state index in [0.717, 1.165) is 18.2 Å². The standard InChI is InChI=1S/C15H13NO2/c16-8-13(17)15(18)12-7-6-10-5-4-9-2-1-3-11(12)14(9)10/h1-3,6-7,13,15,17-18H,4-5H2. The molecule has 0 amide bonds. The first-order valence-corrected chi connectivity index (χ1v) is 6.01. The Bertz CT molecular complexity index is 647. The Morgan fingerprint density at radius 2 is 1.78 bits per heavy atom. The van der Waals surface area contributed by atoms with E-state index in [2.05, 4.69) is 6.07 Å². The van der Waals surface area contributed by atoms with Gasteiger partial charge in [-0.15, -0.1) is 0 Å². The minimum Gasteiger partial charge on any atom is -0.385 e. The number of benzene rings is 2. The number of nitriles is 1. The maximum atomic E-state index is 10.0. The number of aryl methyl sites for hydroxylation is 2. The fraction of sp³-hybridized carbons (Fsp3) is 0.267. The molecule has 3 rings (SSSR count). The van der Waals surface area contributed by atoms with Gasteiger partial charge in [-0.05, 0) is 40.3 Å². The summed E-state index contributed by atoms with van der Waals surface area (Å²) in [6.45, 7) is 0. The van der Waals surface area contributed by atoms with Crippen LogP contribution in [0.5, 0.6) is 0 Å². The van der Waals surface area contributed by atoms with Gasteiger partial charge in [-0.3, -0.25) is 0 Å². The Balaban J connectivity index is 2.24. The normalized spacial score (nSPS) is 16.5. The van der Waals surface area contributed by atoms with Gasteiger partial charge in [0.1, 0.15) is 6.10 Å². The van der Waals surface area contributed by atoms with E-state index in [4.69, 9.17) is 5.26 Å². The minimum absolute atomic E-state index is 0.631. The topological polar surface area (TPSA) is 64.2 Å². The lowest BCUT2D eigenvalue weighted by atomic mass is 9.95. The molecule has 0 radical (unpaired) electrons. The maximum absolute atomic E-state index is 10.0. The second-order valence-electron chi connectivity index (χ2n) is 4.67. The van der Waals surface area contributed by atoms with Crippen molar-refractivity contribution in [3.8, 4) is 6.07 Å². The number of aliphatic hydroxyl groups excluding tert-OH is 2. The fourth-order valence-corrected chi connectivity index (χ4v) is 2.77. The van der Waals surface area contributed by atoms with Crippen molar-refractivity contribution in [3.63, 3.8) is 0 Å². The number of hydrogen-bond donors (Lipinski definition) is 2. The van der Waals surface area contributed by atoms with E-state index in [1.54, 1.807) is 6.07 Å². The van der Waals surface area contributed by atoms with E-state index in [-0.39, 0.29) is 0 Å². The van der Waals surface area contributed by atoms with Gasteiger partial charge < -0.3 is 10.2 Å². The molecular formula is C15H13NO2. The highest BCUT2D eigenvalue weighted by atomic mass is 16.3. The molecule has 1 aliphatic rings. The van der Waals surface area contributed by atoms with Crippen molar-refractivity contribution < 1.29 is 10.2 Å². The van der Waals surface area contributed by atoms with Crippen LogP contribution in [0.1, 0.15) is 22.8 Å². The molecule has 0 saturated heterocycles. The highest BCUT2D eigenvalue weighted by Crippen LogP contribution is 2.35. The van der Waals surface area contributed by atoms with Crippen molar-refractivity contribution in [1.29, 1.82) is 5.26 Å². The summed E-state index contributed by atoms with van der Waals surface area (Å²) in [5.41, 5.74) is 3.19. The van der Waals surface area contributed by atoms with Crippen molar-refractivity contribution in [2.24, 2.45) is 0 Å². The van der Waals surface area contributed by atoms with Crippen LogP contribution in [-0.4, -0.2) is 16.3 Å². The molecule has 2 unspecified atom stereocenters. The van der Waals surface area contributed by atoms with E-state index < -0.39 is 12.2 Å². The second-order valence-corrected chi connectivity index (χ2v) is 4.67. The zero-order valence-corrected chi connectivity index (χ0v) is 9.80. The Kier molecular flexibility index (Phi) is 2.55. The molecule has 0 spiro atoms. The van der Waals surface area contributed by atoms with Gasteiger partial charge >= 0.3 is 0 Å². The molecule has 0 bridgehead atoms. The molecule has 1 aliphatic carbocycles. The van der Waals surface area contributed by atoms with E-state index in [1.807, 2.05) is 24.3 Å². The van der Waals surface area contributed by atoms with E-state index in [9.17, 15) is 10.2 Å². The Morgan fingerprint density at radius 1 is 1.06 bits per heavy atom. The zero-order valence-electron chi connectivity index (χ0n) is 9.80. The number of aliphatic hydroxyl groups is 2. The van der Waals surface area contributed by atoms with Crippen LogP contribution < -0.4 is 0 Å². The molecule has 0 aromatic heterocycles. The maximum Gasteiger partial charge on any atom is 0.170 e. The van der Waals surface area contributed by atoms with Gasteiger partial charge in [-0.25, -0.2) is 0 Å². The SMILES string of the molecule is N#CC(O)C(O)c1ccc2c3c(cccc13)CC2. The number of nitrogens with zero attached hydrogens (tertiary/aromatic N) is 1. The highest BCUT2D eigenvalue weighted by Gasteiger charge is 2.23. The molecule has 0 fully saturated rings. The van der Waals surface area contributed by atoms with Gasteiger partial charge in [0.25, 0.3) is 0 Å². The van der Waals surface area contributed by atoms with Gasteiger partial charge in [-0.2, -0.15) is 5.26 Å². The van der Waals surface area contributed by atoms with Gasteiger partial charge in [0, 0.05) is 0 Å². The van der Waals surface area contributed by atoms with Crippen LogP contribution >= 0.6 is 0 Å². The molecule has 0 saturated carbocycles. The molecular weight excluding hydrogens is 226 g/mol. The summed E-state index contributed by atoms with van der Waals surface area (Å²) in [5, 5.41) is 30.3. The third kappa shape index (κ3) is 1.51. The minimum atomic E-state index is -1.39. The van der Waals surface area contributed by atoms with Crippen LogP contribution in [0.3, 0.4) is 0 Å².